The fraction of sp³-hybridized carbons (Fsp3) is 0.174. The Kier molecular flexibility index (Phi) is 7.07. The van der Waals surface area contributed by atoms with Gasteiger partial charge >= 0.3 is 12.4 Å². The van der Waals surface area contributed by atoms with E-state index in [0.717, 1.165) is 12.1 Å². The molecule has 3 rings (SSSR count). The molecule has 2 aromatic carbocycles. The van der Waals surface area contributed by atoms with E-state index in [1.165, 1.54) is 48.8 Å². The van der Waals surface area contributed by atoms with Crippen LogP contribution in [0.25, 0.3) is 0 Å². The SMILES string of the molecule is FC(F)(F)c1ccccc1N=CCc1cccc(CC=Nc2ccccc2C(F)(F)F)n1. The van der Waals surface area contributed by atoms with Crippen molar-refractivity contribution in [2.45, 2.75) is 25.2 Å². The van der Waals surface area contributed by atoms with E-state index in [1.54, 1.807) is 18.2 Å². The summed E-state index contributed by atoms with van der Waals surface area (Å²) in [5, 5.41) is 0. The number of hydrogen-bond acceptors (Lipinski definition) is 3. The Morgan fingerprint density at radius 1 is 0.594 bits per heavy atom. The quantitative estimate of drug-likeness (QED) is 0.295. The van der Waals surface area contributed by atoms with Crippen LogP contribution in [0.3, 0.4) is 0 Å². The smallest absolute Gasteiger partial charge is 0.260 e. The van der Waals surface area contributed by atoms with E-state index in [4.69, 9.17) is 0 Å². The molecule has 0 saturated heterocycles. The van der Waals surface area contributed by atoms with Crippen LogP contribution in [0.2, 0.25) is 0 Å². The van der Waals surface area contributed by atoms with Crippen molar-refractivity contribution in [3.63, 3.8) is 0 Å². The maximum atomic E-state index is 13.0. The summed E-state index contributed by atoms with van der Waals surface area (Å²) in [6, 6.07) is 15.1. The monoisotopic (exact) mass is 449 g/mol. The third kappa shape index (κ3) is 6.26. The summed E-state index contributed by atoms with van der Waals surface area (Å²) in [7, 11) is 0. The lowest BCUT2D eigenvalue weighted by Gasteiger charge is -2.09. The standard InChI is InChI=1S/C23H17F6N3/c24-22(25,26)18-8-1-3-10-20(18)30-14-12-16-6-5-7-17(32-16)13-15-31-21-11-4-2-9-19(21)23(27,28)29/h1-11,14-15H,12-13H2. The highest BCUT2D eigenvalue weighted by Crippen LogP contribution is 2.36. The lowest BCUT2D eigenvalue weighted by Crippen LogP contribution is -2.05. The lowest BCUT2D eigenvalue weighted by atomic mass is 10.1. The van der Waals surface area contributed by atoms with Gasteiger partial charge in [-0.25, -0.2) is 0 Å². The van der Waals surface area contributed by atoms with Gasteiger partial charge in [-0.15, -0.1) is 0 Å². The van der Waals surface area contributed by atoms with Crippen LogP contribution < -0.4 is 0 Å². The molecule has 166 valence electrons. The number of hydrogen-bond donors (Lipinski definition) is 0. The molecule has 0 unspecified atom stereocenters. The maximum absolute atomic E-state index is 13.0. The first-order valence-corrected chi connectivity index (χ1v) is 9.47. The van der Waals surface area contributed by atoms with Crippen molar-refractivity contribution in [2.75, 3.05) is 0 Å². The summed E-state index contributed by atoms with van der Waals surface area (Å²) in [5.41, 5.74) is -0.917. The first-order chi connectivity index (χ1) is 15.1. The molecule has 32 heavy (non-hydrogen) atoms. The van der Waals surface area contributed by atoms with Gasteiger partial charge in [0.2, 0.25) is 0 Å². The van der Waals surface area contributed by atoms with Crippen LogP contribution in [0.4, 0.5) is 37.7 Å². The molecule has 0 radical (unpaired) electrons. The molecule has 0 amide bonds. The van der Waals surface area contributed by atoms with Crippen molar-refractivity contribution in [3.8, 4) is 0 Å². The first kappa shape index (κ1) is 23.2. The number of rotatable bonds is 6. The van der Waals surface area contributed by atoms with E-state index in [2.05, 4.69) is 15.0 Å². The molecular weight excluding hydrogens is 432 g/mol. The largest absolute Gasteiger partial charge is 0.418 e. The number of para-hydroxylation sites is 2. The Bertz CT molecular complexity index is 1030. The third-order valence-corrected chi connectivity index (χ3v) is 4.34. The van der Waals surface area contributed by atoms with Gasteiger partial charge in [0.15, 0.2) is 0 Å². The van der Waals surface area contributed by atoms with E-state index in [-0.39, 0.29) is 24.2 Å². The second-order valence-corrected chi connectivity index (χ2v) is 6.68. The Labute approximate surface area is 180 Å². The number of nitrogens with zero attached hydrogens (tertiary/aromatic N) is 3. The molecular formula is C23H17F6N3. The van der Waals surface area contributed by atoms with Gasteiger partial charge in [-0.1, -0.05) is 30.3 Å². The van der Waals surface area contributed by atoms with Gasteiger partial charge in [-0.2, -0.15) is 26.3 Å². The van der Waals surface area contributed by atoms with E-state index in [9.17, 15) is 26.3 Å². The van der Waals surface area contributed by atoms with Gasteiger partial charge in [0.25, 0.3) is 0 Å². The highest BCUT2D eigenvalue weighted by molar-refractivity contribution is 5.68. The van der Waals surface area contributed by atoms with E-state index in [0.29, 0.717) is 11.4 Å². The number of benzene rings is 2. The van der Waals surface area contributed by atoms with Gasteiger partial charge in [0.1, 0.15) is 0 Å². The van der Waals surface area contributed by atoms with Crippen LogP contribution in [0.15, 0.2) is 76.7 Å². The van der Waals surface area contributed by atoms with Crippen LogP contribution >= 0.6 is 0 Å². The van der Waals surface area contributed by atoms with Crippen LogP contribution in [-0.2, 0) is 25.2 Å². The second kappa shape index (κ2) is 9.76. The minimum atomic E-state index is -4.50. The molecule has 0 spiro atoms. The zero-order chi connectivity index (χ0) is 23.2. The molecule has 1 aromatic heterocycles. The Balaban J connectivity index is 1.68. The zero-order valence-corrected chi connectivity index (χ0v) is 16.5. The topological polar surface area (TPSA) is 37.6 Å². The average molecular weight is 449 g/mol. The summed E-state index contributed by atoms with van der Waals surface area (Å²) in [6.45, 7) is 0. The minimum absolute atomic E-state index is 0.188. The highest BCUT2D eigenvalue weighted by atomic mass is 19.4. The van der Waals surface area contributed by atoms with Crippen LogP contribution in [-0.4, -0.2) is 17.4 Å². The summed E-state index contributed by atoms with van der Waals surface area (Å²) in [5.74, 6) is 0. The molecule has 1 heterocycles. The number of aromatic nitrogens is 1. The van der Waals surface area contributed by atoms with Crippen LogP contribution in [0, 0.1) is 0 Å². The molecule has 0 bridgehead atoms. The Hall–Kier alpha value is -3.49. The molecule has 9 heteroatoms. The van der Waals surface area contributed by atoms with Gasteiger partial charge in [-0.05, 0) is 36.4 Å². The summed E-state index contributed by atoms with van der Waals surface area (Å²) in [4.78, 5) is 12.2. The fourth-order valence-corrected chi connectivity index (χ4v) is 2.88. The van der Waals surface area contributed by atoms with Gasteiger partial charge in [0.05, 0.1) is 22.5 Å². The van der Waals surface area contributed by atoms with Crippen LogP contribution in [0.5, 0.6) is 0 Å². The number of aliphatic imine (C=N–C) groups is 2. The molecule has 0 N–H and O–H groups in total. The van der Waals surface area contributed by atoms with Crippen molar-refractivity contribution in [1.29, 1.82) is 0 Å². The van der Waals surface area contributed by atoms with Crippen molar-refractivity contribution >= 4 is 23.8 Å². The molecule has 3 aromatic rings. The lowest BCUT2D eigenvalue weighted by molar-refractivity contribution is -0.137. The molecule has 0 atom stereocenters. The summed E-state index contributed by atoms with van der Waals surface area (Å²) < 4.78 is 78.1. The van der Waals surface area contributed by atoms with Crippen molar-refractivity contribution in [2.24, 2.45) is 9.98 Å². The third-order valence-electron chi connectivity index (χ3n) is 4.34. The predicted molar refractivity (Wildman–Crippen MR) is 111 cm³/mol. The van der Waals surface area contributed by atoms with Crippen molar-refractivity contribution in [3.05, 3.63) is 89.2 Å². The molecule has 0 aliphatic heterocycles. The number of halogens is 6. The van der Waals surface area contributed by atoms with Gasteiger partial charge < -0.3 is 0 Å². The molecule has 0 aliphatic rings. The number of pyridine rings is 1. The first-order valence-electron chi connectivity index (χ1n) is 9.47. The second-order valence-electron chi connectivity index (χ2n) is 6.68. The molecule has 0 saturated carbocycles. The molecule has 0 fully saturated rings. The maximum Gasteiger partial charge on any atom is 0.418 e. The van der Waals surface area contributed by atoms with Crippen LogP contribution in [0.1, 0.15) is 22.5 Å². The average Bonchev–Trinajstić information content (AvgIpc) is 2.73. The van der Waals surface area contributed by atoms with E-state index >= 15 is 0 Å². The van der Waals surface area contributed by atoms with E-state index < -0.39 is 23.5 Å². The molecule has 3 nitrogen and oxygen atoms in total. The predicted octanol–water partition coefficient (Wildman–Crippen LogP) is 7.01. The van der Waals surface area contributed by atoms with Gasteiger partial charge in [0, 0.05) is 36.7 Å². The van der Waals surface area contributed by atoms with Crippen molar-refractivity contribution in [1.82, 2.24) is 4.98 Å². The zero-order valence-electron chi connectivity index (χ0n) is 16.5. The Morgan fingerprint density at radius 2 is 1.00 bits per heavy atom. The Morgan fingerprint density at radius 3 is 1.41 bits per heavy atom. The van der Waals surface area contributed by atoms with Crippen molar-refractivity contribution < 1.29 is 26.3 Å². The van der Waals surface area contributed by atoms with Gasteiger partial charge in [-0.3, -0.25) is 15.0 Å². The molecule has 0 aliphatic carbocycles. The summed E-state index contributed by atoms with van der Waals surface area (Å²) >= 11 is 0. The normalized spacial score (nSPS) is 12.7. The number of alkyl halides is 6. The fourth-order valence-electron chi connectivity index (χ4n) is 2.88. The highest BCUT2D eigenvalue weighted by Gasteiger charge is 2.33. The minimum Gasteiger partial charge on any atom is -0.260 e. The summed E-state index contributed by atoms with van der Waals surface area (Å²) in [6.07, 6.45) is -5.96. The van der Waals surface area contributed by atoms with E-state index in [1.807, 2.05) is 0 Å².